The van der Waals surface area contributed by atoms with E-state index in [2.05, 4.69) is 38.9 Å². The first-order valence-electron chi connectivity index (χ1n) is 10.0. The van der Waals surface area contributed by atoms with Crippen molar-refractivity contribution in [1.82, 2.24) is 24.2 Å². The number of carbonyl (C=O) groups is 2. The van der Waals surface area contributed by atoms with Crippen molar-refractivity contribution < 1.29 is 40.8 Å². The Morgan fingerprint density at radius 3 is 2.19 bits per heavy atom. The molecule has 2 aromatic rings. The first-order valence-corrected chi connectivity index (χ1v) is 11.1. The van der Waals surface area contributed by atoms with Crippen molar-refractivity contribution in [2.45, 2.75) is 19.6 Å². The number of rotatable bonds is 9. The SMILES string of the molecule is C=CC[n+]1cc(C#N)n(CC(=O)N(C)OC)c1.C=CCn1cnc(C#N)c1.CON(C)C(=O)CBr.[Br-]. The Labute approximate surface area is 230 Å². The van der Waals surface area contributed by atoms with Crippen molar-refractivity contribution in [2.75, 3.05) is 33.6 Å². The number of alkyl halides is 1. The van der Waals surface area contributed by atoms with Crippen molar-refractivity contribution in [3.8, 4) is 12.1 Å². The molecular formula is C22H30Br2N8O4. The van der Waals surface area contributed by atoms with Crippen LogP contribution >= 0.6 is 15.9 Å². The second-order valence-electron chi connectivity index (χ2n) is 6.49. The highest BCUT2D eigenvalue weighted by atomic mass is 79.9. The van der Waals surface area contributed by atoms with Crippen LogP contribution in [-0.2, 0) is 38.9 Å². The van der Waals surface area contributed by atoms with Crippen molar-refractivity contribution in [1.29, 1.82) is 10.5 Å². The molecule has 0 aromatic carbocycles. The molecule has 0 saturated heterocycles. The molecule has 0 aliphatic heterocycles. The molecule has 0 N–H and O–H groups in total. The van der Waals surface area contributed by atoms with E-state index in [0.717, 1.165) is 10.1 Å². The molecule has 196 valence electrons. The second kappa shape index (κ2) is 19.9. The number of hydroxylamine groups is 4. The third-order valence-electron chi connectivity index (χ3n) is 4.10. The summed E-state index contributed by atoms with van der Waals surface area (Å²) in [6.45, 7) is 8.54. The van der Waals surface area contributed by atoms with Crippen LogP contribution in [0.2, 0.25) is 0 Å². The standard InChI is InChI=1S/C11H15N4O2.C7H7N3.C4H8BrNO2.BrH/c1-4-5-14-7-10(6-12)15(9-14)8-11(16)13(2)17-3;1-2-3-10-5-7(4-8)9-6-10;1-6(8-2)4(7)3-5;/h4,7,9H,1,5,8H2,2-3H3;2,5-6H,1,3H2;3H2,1-2H3;1H/q+1;;;/p-1. The molecule has 0 aliphatic rings. The predicted octanol–water partition coefficient (Wildman–Crippen LogP) is -1.80. The Bertz CT molecular complexity index is 1060. The fourth-order valence-corrected chi connectivity index (χ4v) is 2.53. The summed E-state index contributed by atoms with van der Waals surface area (Å²) in [5.41, 5.74) is 0.867. The lowest BCUT2D eigenvalue weighted by molar-refractivity contribution is -0.686. The Morgan fingerprint density at radius 2 is 1.78 bits per heavy atom. The van der Waals surface area contributed by atoms with Gasteiger partial charge in [0.05, 0.1) is 25.9 Å². The first-order chi connectivity index (χ1) is 16.7. The summed E-state index contributed by atoms with van der Waals surface area (Å²) in [5.74, 6) is -0.321. The molecule has 0 saturated carbocycles. The zero-order chi connectivity index (χ0) is 26.8. The van der Waals surface area contributed by atoms with E-state index in [4.69, 9.17) is 15.4 Å². The molecule has 0 aliphatic carbocycles. The number of allylic oxidation sites excluding steroid dienone is 2. The third kappa shape index (κ3) is 13.0. The lowest BCUT2D eigenvalue weighted by Gasteiger charge is -2.11. The quantitative estimate of drug-likeness (QED) is 0.138. The summed E-state index contributed by atoms with van der Waals surface area (Å²) in [5, 5.41) is 19.9. The summed E-state index contributed by atoms with van der Waals surface area (Å²) < 4.78 is 5.15. The van der Waals surface area contributed by atoms with Gasteiger partial charge in [-0.15, -0.1) is 6.58 Å². The summed E-state index contributed by atoms with van der Waals surface area (Å²) in [4.78, 5) is 35.3. The topological polar surface area (TPSA) is 133 Å². The maximum atomic E-state index is 11.6. The van der Waals surface area contributed by atoms with Gasteiger partial charge in [-0.1, -0.05) is 34.7 Å². The lowest BCUT2D eigenvalue weighted by Crippen LogP contribution is -3.00. The van der Waals surface area contributed by atoms with Crippen LogP contribution in [0.5, 0.6) is 0 Å². The van der Waals surface area contributed by atoms with Crippen molar-refractivity contribution in [3.05, 3.63) is 61.7 Å². The fraction of sp³-hybridized carbons (Fsp3) is 0.364. The summed E-state index contributed by atoms with van der Waals surface area (Å²) >= 11 is 2.98. The lowest BCUT2D eigenvalue weighted by atomic mass is 10.5. The van der Waals surface area contributed by atoms with E-state index < -0.39 is 0 Å². The zero-order valence-electron chi connectivity index (χ0n) is 20.7. The highest BCUT2D eigenvalue weighted by molar-refractivity contribution is 9.09. The molecule has 0 bridgehead atoms. The average molecular weight is 630 g/mol. The molecular weight excluding hydrogens is 600 g/mol. The molecule has 2 aromatic heterocycles. The van der Waals surface area contributed by atoms with Crippen LogP contribution in [-0.4, -0.2) is 69.7 Å². The molecule has 0 radical (unpaired) electrons. The molecule has 0 unspecified atom stereocenters. The van der Waals surface area contributed by atoms with Gasteiger partial charge in [-0.25, -0.2) is 24.2 Å². The first kappa shape index (κ1) is 34.9. The number of aromatic nitrogens is 4. The highest BCUT2D eigenvalue weighted by Crippen LogP contribution is 1.98. The van der Waals surface area contributed by atoms with Crippen LogP contribution in [0.4, 0.5) is 0 Å². The molecule has 0 fully saturated rings. The van der Waals surface area contributed by atoms with Crippen molar-refractivity contribution in [3.63, 3.8) is 0 Å². The molecule has 12 nitrogen and oxygen atoms in total. The van der Waals surface area contributed by atoms with Gasteiger partial charge < -0.3 is 21.5 Å². The number of hydrogen-bond acceptors (Lipinski definition) is 7. The molecule has 0 atom stereocenters. The van der Waals surface area contributed by atoms with Gasteiger partial charge in [0.2, 0.25) is 12.0 Å². The number of carbonyl (C=O) groups excluding carboxylic acids is 2. The van der Waals surface area contributed by atoms with E-state index in [1.807, 2.05) is 12.1 Å². The summed E-state index contributed by atoms with van der Waals surface area (Å²) in [7, 11) is 5.94. The highest BCUT2D eigenvalue weighted by Gasteiger charge is 2.18. The van der Waals surface area contributed by atoms with Crippen molar-refractivity contribution in [2.24, 2.45) is 0 Å². The van der Waals surface area contributed by atoms with E-state index in [-0.39, 0.29) is 35.3 Å². The van der Waals surface area contributed by atoms with E-state index in [1.165, 1.54) is 21.3 Å². The number of hydrogen-bond donors (Lipinski definition) is 0. The van der Waals surface area contributed by atoms with Crippen LogP contribution < -0.4 is 21.5 Å². The second-order valence-corrected chi connectivity index (χ2v) is 7.05. The largest absolute Gasteiger partial charge is 1.00 e. The summed E-state index contributed by atoms with van der Waals surface area (Å²) in [6, 6.07) is 3.97. The maximum absolute atomic E-state index is 11.6. The van der Waals surface area contributed by atoms with Crippen molar-refractivity contribution >= 4 is 27.7 Å². The molecule has 36 heavy (non-hydrogen) atoms. The number of likely N-dealkylation sites (N-methyl/N-ethyl adjacent to an activating group) is 1. The third-order valence-corrected chi connectivity index (χ3v) is 4.58. The van der Waals surface area contributed by atoms with Gasteiger partial charge in [0, 0.05) is 26.8 Å². The van der Waals surface area contributed by atoms with Crippen LogP contribution in [0.1, 0.15) is 11.4 Å². The smallest absolute Gasteiger partial charge is 0.288 e. The number of halogens is 2. The van der Waals surface area contributed by atoms with Gasteiger partial charge in [0.1, 0.15) is 24.9 Å². The zero-order valence-corrected chi connectivity index (χ0v) is 23.8. The van der Waals surface area contributed by atoms with Gasteiger partial charge in [0.15, 0.2) is 12.2 Å². The van der Waals surface area contributed by atoms with Gasteiger partial charge in [-0.3, -0.25) is 19.3 Å². The van der Waals surface area contributed by atoms with E-state index >= 15 is 0 Å². The number of nitrogens with zero attached hydrogens (tertiary/aromatic N) is 8. The van der Waals surface area contributed by atoms with Gasteiger partial charge >= 0.3 is 0 Å². The van der Waals surface area contributed by atoms with E-state index in [9.17, 15) is 9.59 Å². The van der Waals surface area contributed by atoms with Crippen LogP contribution in [0.3, 0.4) is 0 Å². The predicted molar refractivity (Wildman–Crippen MR) is 130 cm³/mol. The Hall–Kier alpha value is -3.30. The normalized spacial score (nSPS) is 8.97. The minimum atomic E-state index is -0.231. The minimum Gasteiger partial charge on any atom is -1.00 e. The maximum Gasteiger partial charge on any atom is 0.288 e. The van der Waals surface area contributed by atoms with Gasteiger partial charge in [0.25, 0.3) is 11.8 Å². The van der Waals surface area contributed by atoms with Crippen LogP contribution in [0.25, 0.3) is 0 Å². The van der Waals surface area contributed by atoms with Gasteiger partial charge in [-0.05, 0) is 0 Å². The molecule has 14 heteroatoms. The molecule has 2 heterocycles. The fourth-order valence-electron chi connectivity index (χ4n) is 2.17. The molecule has 2 rings (SSSR count). The summed E-state index contributed by atoms with van der Waals surface area (Å²) in [6.07, 6.45) is 10.1. The Balaban J connectivity index is 0. The minimum absolute atomic E-state index is 0. The number of imidazole rings is 2. The molecule has 2 amide bonds. The average Bonchev–Trinajstić information content (AvgIpc) is 3.49. The molecule has 0 spiro atoms. The van der Waals surface area contributed by atoms with E-state index in [1.54, 1.807) is 57.9 Å². The van der Waals surface area contributed by atoms with Crippen LogP contribution in [0.15, 0.2) is 50.4 Å². The Kier molecular flexibility index (Phi) is 19.3. The number of nitriles is 2. The van der Waals surface area contributed by atoms with E-state index in [0.29, 0.717) is 29.8 Å². The Morgan fingerprint density at radius 1 is 1.17 bits per heavy atom. The monoisotopic (exact) mass is 628 g/mol. The number of amides is 2. The van der Waals surface area contributed by atoms with Crippen LogP contribution in [0, 0.1) is 22.7 Å². The van der Waals surface area contributed by atoms with Gasteiger partial charge in [-0.2, -0.15) is 10.5 Å².